The summed E-state index contributed by atoms with van der Waals surface area (Å²) in [7, 11) is 1.31. The van der Waals surface area contributed by atoms with Gasteiger partial charge in [0.15, 0.2) is 5.76 Å². The molecule has 4 rings (SSSR count). The summed E-state index contributed by atoms with van der Waals surface area (Å²) in [5.41, 5.74) is 0.864. The maximum atomic E-state index is 13.8. The lowest BCUT2D eigenvalue weighted by Gasteiger charge is -2.05. The Labute approximate surface area is 187 Å². The molecule has 0 saturated carbocycles. The van der Waals surface area contributed by atoms with Crippen LogP contribution in [0.15, 0.2) is 71.4 Å². The van der Waals surface area contributed by atoms with E-state index in [0.29, 0.717) is 22.6 Å². The van der Waals surface area contributed by atoms with Crippen LogP contribution >= 0.6 is 0 Å². The van der Waals surface area contributed by atoms with Gasteiger partial charge in [0.1, 0.15) is 30.3 Å². The first-order valence-corrected chi connectivity index (χ1v) is 9.86. The predicted octanol–water partition coefficient (Wildman–Crippen LogP) is 3.68. The van der Waals surface area contributed by atoms with Gasteiger partial charge in [-0.05, 0) is 42.5 Å². The molecular weight excluding hydrogens is 431 g/mol. The van der Waals surface area contributed by atoms with Crippen LogP contribution in [0.2, 0.25) is 0 Å². The molecule has 2 heterocycles. The highest BCUT2D eigenvalue weighted by atomic mass is 19.1. The van der Waals surface area contributed by atoms with Crippen LogP contribution in [0.4, 0.5) is 10.3 Å². The highest BCUT2D eigenvalue weighted by Crippen LogP contribution is 2.17. The van der Waals surface area contributed by atoms with Crippen LogP contribution in [0.3, 0.4) is 0 Å². The number of furan rings is 1. The third-order valence-corrected chi connectivity index (χ3v) is 4.59. The molecule has 9 nitrogen and oxygen atoms in total. The first kappa shape index (κ1) is 21.8. The van der Waals surface area contributed by atoms with E-state index < -0.39 is 11.9 Å². The lowest BCUT2D eigenvalue weighted by molar-refractivity contribution is 0.0600. The third kappa shape index (κ3) is 5.42. The van der Waals surface area contributed by atoms with Gasteiger partial charge in [-0.1, -0.05) is 18.2 Å². The van der Waals surface area contributed by atoms with E-state index in [9.17, 15) is 14.0 Å². The molecule has 0 unspecified atom stereocenters. The number of methoxy groups -OCH3 is 1. The van der Waals surface area contributed by atoms with Gasteiger partial charge in [-0.25, -0.2) is 18.9 Å². The normalized spacial score (nSPS) is 10.6. The Kier molecular flexibility index (Phi) is 6.44. The standard InChI is InChI=1S/C23H19FN4O5/c1-31-22(30)15-6-8-17(9-7-15)32-13-18-10-11-20(33-18)21(29)26-23-25-14-28(27-23)12-16-4-2-3-5-19(16)24/h2-11,14H,12-13H2,1H3,(H,26,27,29). The molecule has 4 aromatic rings. The molecule has 0 atom stereocenters. The summed E-state index contributed by atoms with van der Waals surface area (Å²) in [6.07, 6.45) is 1.40. The molecule has 2 aromatic heterocycles. The SMILES string of the molecule is COC(=O)c1ccc(OCc2ccc(C(=O)Nc3ncn(Cc4ccccc4F)n3)o2)cc1. The first-order valence-electron chi connectivity index (χ1n) is 9.86. The van der Waals surface area contributed by atoms with Crippen molar-refractivity contribution in [3.05, 3.63) is 95.5 Å². The van der Waals surface area contributed by atoms with Crippen molar-refractivity contribution in [2.45, 2.75) is 13.2 Å². The maximum absolute atomic E-state index is 13.8. The van der Waals surface area contributed by atoms with Gasteiger partial charge in [-0.15, -0.1) is 5.10 Å². The Hall–Kier alpha value is -4.47. The van der Waals surface area contributed by atoms with Crippen molar-refractivity contribution >= 4 is 17.8 Å². The van der Waals surface area contributed by atoms with E-state index in [1.165, 1.54) is 30.3 Å². The molecule has 2 aromatic carbocycles. The molecule has 0 aliphatic rings. The zero-order valence-electron chi connectivity index (χ0n) is 17.5. The molecule has 1 amide bonds. The van der Waals surface area contributed by atoms with E-state index in [4.69, 9.17) is 9.15 Å². The van der Waals surface area contributed by atoms with Gasteiger partial charge in [0.25, 0.3) is 5.91 Å². The zero-order valence-corrected chi connectivity index (χ0v) is 17.5. The van der Waals surface area contributed by atoms with Crippen LogP contribution in [0.1, 0.15) is 32.2 Å². The Morgan fingerprint density at radius 3 is 2.64 bits per heavy atom. The monoisotopic (exact) mass is 450 g/mol. The molecule has 0 bridgehead atoms. The summed E-state index contributed by atoms with van der Waals surface area (Å²) in [6, 6.07) is 15.9. The number of carbonyl (C=O) groups excluding carboxylic acids is 2. The summed E-state index contributed by atoms with van der Waals surface area (Å²) in [4.78, 5) is 27.9. The summed E-state index contributed by atoms with van der Waals surface area (Å²) in [5, 5.41) is 6.66. The molecular formula is C23H19FN4O5. The molecule has 1 N–H and O–H groups in total. The van der Waals surface area contributed by atoms with Crippen LogP contribution in [0.25, 0.3) is 0 Å². The Morgan fingerprint density at radius 2 is 1.88 bits per heavy atom. The highest BCUT2D eigenvalue weighted by molar-refractivity contribution is 6.01. The van der Waals surface area contributed by atoms with Gasteiger partial charge in [-0.2, -0.15) is 0 Å². The zero-order chi connectivity index (χ0) is 23.2. The number of esters is 1. The second-order valence-electron chi connectivity index (χ2n) is 6.88. The molecule has 0 aliphatic heterocycles. The van der Waals surface area contributed by atoms with Crippen molar-refractivity contribution < 1.29 is 27.9 Å². The van der Waals surface area contributed by atoms with Crippen LogP contribution in [-0.4, -0.2) is 33.8 Å². The predicted molar refractivity (Wildman–Crippen MR) is 114 cm³/mol. The Balaban J connectivity index is 1.31. The van der Waals surface area contributed by atoms with E-state index in [-0.39, 0.29) is 30.7 Å². The van der Waals surface area contributed by atoms with Crippen LogP contribution in [0.5, 0.6) is 5.75 Å². The number of aromatic nitrogens is 3. The van der Waals surface area contributed by atoms with Gasteiger partial charge >= 0.3 is 5.97 Å². The molecule has 0 spiro atoms. The average molecular weight is 450 g/mol. The molecule has 0 radical (unpaired) electrons. The fraction of sp³-hybridized carbons (Fsp3) is 0.130. The van der Waals surface area contributed by atoms with Crippen molar-refractivity contribution in [2.24, 2.45) is 0 Å². The average Bonchev–Trinajstić information content (AvgIpc) is 3.49. The lowest BCUT2D eigenvalue weighted by Crippen LogP contribution is -2.12. The lowest BCUT2D eigenvalue weighted by atomic mass is 10.2. The summed E-state index contributed by atoms with van der Waals surface area (Å²) in [5.74, 6) is -0.244. The molecule has 33 heavy (non-hydrogen) atoms. The Morgan fingerprint density at radius 1 is 1.09 bits per heavy atom. The van der Waals surface area contributed by atoms with Crippen molar-refractivity contribution in [1.82, 2.24) is 14.8 Å². The van der Waals surface area contributed by atoms with Crippen molar-refractivity contribution in [3.63, 3.8) is 0 Å². The van der Waals surface area contributed by atoms with Crippen molar-refractivity contribution in [1.29, 1.82) is 0 Å². The number of carbonyl (C=O) groups is 2. The molecule has 0 fully saturated rings. The fourth-order valence-electron chi connectivity index (χ4n) is 2.93. The number of anilines is 1. The van der Waals surface area contributed by atoms with Gasteiger partial charge in [-0.3, -0.25) is 10.1 Å². The Bertz CT molecular complexity index is 1270. The van der Waals surface area contributed by atoms with Crippen molar-refractivity contribution in [3.8, 4) is 5.75 Å². The first-order chi connectivity index (χ1) is 16.0. The van der Waals surface area contributed by atoms with E-state index in [0.717, 1.165) is 0 Å². The number of hydrogen-bond acceptors (Lipinski definition) is 7. The van der Waals surface area contributed by atoms with Crippen LogP contribution in [0, 0.1) is 5.82 Å². The number of halogens is 1. The minimum absolute atomic E-state index is 0.0556. The largest absolute Gasteiger partial charge is 0.486 e. The second-order valence-corrected chi connectivity index (χ2v) is 6.88. The topological polar surface area (TPSA) is 108 Å². The summed E-state index contributed by atoms with van der Waals surface area (Å²) in [6.45, 7) is 0.263. The summed E-state index contributed by atoms with van der Waals surface area (Å²) < 4.78 is 31.0. The number of benzene rings is 2. The van der Waals surface area contributed by atoms with Gasteiger partial charge in [0.2, 0.25) is 5.95 Å². The number of amides is 1. The number of rotatable bonds is 8. The smallest absolute Gasteiger partial charge is 0.337 e. The molecule has 0 aliphatic carbocycles. The molecule has 168 valence electrons. The van der Waals surface area contributed by atoms with Gasteiger partial charge < -0.3 is 13.9 Å². The quantitative estimate of drug-likeness (QED) is 0.408. The van der Waals surface area contributed by atoms with E-state index in [1.54, 1.807) is 48.5 Å². The number of ether oxygens (including phenoxy) is 2. The fourth-order valence-corrected chi connectivity index (χ4v) is 2.93. The van der Waals surface area contributed by atoms with E-state index in [2.05, 4.69) is 20.1 Å². The number of nitrogens with zero attached hydrogens (tertiary/aromatic N) is 3. The van der Waals surface area contributed by atoms with E-state index >= 15 is 0 Å². The minimum atomic E-state index is -0.535. The van der Waals surface area contributed by atoms with Crippen molar-refractivity contribution in [2.75, 3.05) is 12.4 Å². The van der Waals surface area contributed by atoms with E-state index in [1.807, 2.05) is 0 Å². The molecule has 0 saturated heterocycles. The van der Waals surface area contributed by atoms with Crippen LogP contribution in [-0.2, 0) is 17.9 Å². The summed E-state index contributed by atoms with van der Waals surface area (Å²) >= 11 is 0. The van der Waals surface area contributed by atoms with Crippen LogP contribution < -0.4 is 10.1 Å². The maximum Gasteiger partial charge on any atom is 0.337 e. The van der Waals surface area contributed by atoms with Gasteiger partial charge in [0.05, 0.1) is 19.2 Å². The molecule has 10 heteroatoms. The second kappa shape index (κ2) is 9.77. The highest BCUT2D eigenvalue weighted by Gasteiger charge is 2.15. The third-order valence-electron chi connectivity index (χ3n) is 4.59. The number of hydrogen-bond donors (Lipinski definition) is 1. The van der Waals surface area contributed by atoms with Gasteiger partial charge in [0, 0.05) is 5.56 Å². The number of nitrogens with one attached hydrogen (secondary N) is 1. The minimum Gasteiger partial charge on any atom is -0.486 e.